The van der Waals surface area contributed by atoms with E-state index in [-0.39, 0.29) is 0 Å². The maximum Gasteiger partial charge on any atom is 0.164 e. The van der Waals surface area contributed by atoms with Gasteiger partial charge in [0.2, 0.25) is 0 Å². The first-order valence-electron chi connectivity index (χ1n) is 8.35. The van der Waals surface area contributed by atoms with E-state index in [1.54, 1.807) is 6.08 Å². The lowest BCUT2D eigenvalue weighted by Gasteiger charge is -2.08. The molecule has 0 N–H and O–H groups in total. The van der Waals surface area contributed by atoms with E-state index in [1.165, 1.54) is 0 Å². The third-order valence-electron chi connectivity index (χ3n) is 3.50. The van der Waals surface area contributed by atoms with Crippen molar-refractivity contribution in [3.05, 3.63) is 104 Å². The number of allylic oxidation sites excluding steroid dienone is 9. The van der Waals surface area contributed by atoms with Crippen LogP contribution in [0.2, 0.25) is 0 Å². The van der Waals surface area contributed by atoms with Crippen LogP contribution in [-0.4, -0.2) is 15.0 Å². The van der Waals surface area contributed by atoms with Crippen LogP contribution in [0.5, 0.6) is 0 Å². The number of hydrogen-bond acceptors (Lipinski definition) is 3. The summed E-state index contributed by atoms with van der Waals surface area (Å²) in [6.07, 6.45) is 11.2. The standard InChI is InChI=1S/C23H23N3/c1-6-8-12-19(7-2)22-24-21(18(5)16-15-17(3)4)25-23(26-22)20-13-10-9-11-14-20/h6-16H,1,3,5H2,2,4H3/b12-8-,16-15-,19-7+. The average Bonchev–Trinajstić information content (AvgIpc) is 2.67. The highest BCUT2D eigenvalue weighted by atomic mass is 15.0. The van der Waals surface area contributed by atoms with Crippen molar-refractivity contribution in [2.45, 2.75) is 13.8 Å². The summed E-state index contributed by atoms with van der Waals surface area (Å²) in [6.45, 7) is 15.5. The SMILES string of the molecule is C=C/C=C\C(=C/C)c1nc(C(=C)/C=C\C(=C)C)nc(-c2ccccc2)n1. The highest BCUT2D eigenvalue weighted by Gasteiger charge is 2.11. The molecule has 0 unspecified atom stereocenters. The Morgan fingerprint density at radius 2 is 1.62 bits per heavy atom. The van der Waals surface area contributed by atoms with Gasteiger partial charge in [0.15, 0.2) is 17.5 Å². The first-order valence-corrected chi connectivity index (χ1v) is 8.35. The van der Waals surface area contributed by atoms with E-state index in [0.29, 0.717) is 23.0 Å². The van der Waals surface area contributed by atoms with Gasteiger partial charge in [-0.05, 0) is 13.8 Å². The summed E-state index contributed by atoms with van der Waals surface area (Å²) in [6, 6.07) is 9.84. The maximum absolute atomic E-state index is 4.65. The van der Waals surface area contributed by atoms with E-state index >= 15 is 0 Å². The number of rotatable bonds is 7. The number of hydrogen-bond donors (Lipinski definition) is 0. The fraction of sp³-hybridized carbons (Fsp3) is 0.0870. The van der Waals surface area contributed by atoms with Gasteiger partial charge in [0.1, 0.15) is 0 Å². The summed E-state index contributed by atoms with van der Waals surface area (Å²) >= 11 is 0. The quantitative estimate of drug-likeness (QED) is 0.595. The molecule has 130 valence electrons. The molecule has 2 rings (SSSR count). The minimum absolute atomic E-state index is 0.540. The number of benzene rings is 1. The van der Waals surface area contributed by atoms with Crippen LogP contribution in [0.4, 0.5) is 0 Å². The molecular weight excluding hydrogens is 318 g/mol. The van der Waals surface area contributed by atoms with Crippen LogP contribution in [0.25, 0.3) is 22.5 Å². The van der Waals surface area contributed by atoms with Gasteiger partial charge in [-0.3, -0.25) is 0 Å². The third-order valence-corrected chi connectivity index (χ3v) is 3.50. The summed E-state index contributed by atoms with van der Waals surface area (Å²) < 4.78 is 0. The van der Waals surface area contributed by atoms with Crippen molar-refractivity contribution in [1.29, 1.82) is 0 Å². The molecule has 0 saturated carbocycles. The maximum atomic E-state index is 4.65. The summed E-state index contributed by atoms with van der Waals surface area (Å²) in [5.41, 5.74) is 3.46. The molecule has 0 spiro atoms. The lowest BCUT2D eigenvalue weighted by molar-refractivity contribution is 1.00. The van der Waals surface area contributed by atoms with E-state index in [2.05, 4.69) is 34.7 Å². The van der Waals surface area contributed by atoms with E-state index in [0.717, 1.165) is 16.7 Å². The van der Waals surface area contributed by atoms with Crippen LogP contribution in [0.3, 0.4) is 0 Å². The second kappa shape index (κ2) is 9.23. The zero-order valence-corrected chi connectivity index (χ0v) is 15.3. The topological polar surface area (TPSA) is 38.7 Å². The number of aromatic nitrogens is 3. The van der Waals surface area contributed by atoms with Crippen molar-refractivity contribution in [3.8, 4) is 11.4 Å². The molecule has 3 nitrogen and oxygen atoms in total. The van der Waals surface area contributed by atoms with Crippen LogP contribution in [-0.2, 0) is 0 Å². The van der Waals surface area contributed by atoms with Crippen LogP contribution in [0.15, 0.2) is 92.1 Å². The molecule has 0 atom stereocenters. The second-order valence-electron chi connectivity index (χ2n) is 5.72. The first-order chi connectivity index (χ1) is 12.5. The predicted octanol–water partition coefficient (Wildman–Crippen LogP) is 5.83. The third kappa shape index (κ3) is 5.08. The van der Waals surface area contributed by atoms with Crippen LogP contribution in [0.1, 0.15) is 25.5 Å². The Balaban J connectivity index is 2.59. The molecule has 3 heteroatoms. The zero-order valence-electron chi connectivity index (χ0n) is 15.3. The van der Waals surface area contributed by atoms with E-state index in [4.69, 9.17) is 0 Å². The van der Waals surface area contributed by atoms with Gasteiger partial charge in [0, 0.05) is 16.7 Å². The lowest BCUT2D eigenvalue weighted by atomic mass is 10.1. The van der Waals surface area contributed by atoms with Crippen LogP contribution in [0, 0.1) is 0 Å². The van der Waals surface area contributed by atoms with Gasteiger partial charge in [-0.2, -0.15) is 0 Å². The fourth-order valence-corrected chi connectivity index (χ4v) is 2.15. The normalized spacial score (nSPS) is 11.8. The highest BCUT2D eigenvalue weighted by Crippen LogP contribution is 2.21. The number of nitrogens with zero attached hydrogens (tertiary/aromatic N) is 3. The molecule has 2 aromatic rings. The predicted molar refractivity (Wildman–Crippen MR) is 111 cm³/mol. The van der Waals surface area contributed by atoms with E-state index in [9.17, 15) is 0 Å². The van der Waals surface area contributed by atoms with Crippen LogP contribution >= 0.6 is 0 Å². The van der Waals surface area contributed by atoms with Crippen molar-refractivity contribution in [3.63, 3.8) is 0 Å². The smallest absolute Gasteiger partial charge is 0.164 e. The monoisotopic (exact) mass is 341 g/mol. The van der Waals surface area contributed by atoms with Gasteiger partial charge in [0.25, 0.3) is 0 Å². The van der Waals surface area contributed by atoms with Gasteiger partial charge < -0.3 is 0 Å². The summed E-state index contributed by atoms with van der Waals surface area (Å²) in [5, 5.41) is 0. The Labute approximate surface area is 155 Å². The van der Waals surface area contributed by atoms with Gasteiger partial charge >= 0.3 is 0 Å². The average molecular weight is 341 g/mol. The van der Waals surface area contributed by atoms with Gasteiger partial charge in [-0.25, -0.2) is 15.0 Å². The van der Waals surface area contributed by atoms with E-state index < -0.39 is 0 Å². The molecule has 0 amide bonds. The molecule has 0 bridgehead atoms. The Bertz CT molecular complexity index is 900. The molecule has 0 fully saturated rings. The van der Waals surface area contributed by atoms with Gasteiger partial charge in [-0.15, -0.1) is 0 Å². The van der Waals surface area contributed by atoms with Gasteiger partial charge in [-0.1, -0.05) is 92.1 Å². The molecule has 26 heavy (non-hydrogen) atoms. The highest BCUT2D eigenvalue weighted by molar-refractivity contribution is 5.74. The molecule has 0 aliphatic heterocycles. The Morgan fingerprint density at radius 1 is 0.923 bits per heavy atom. The molecule has 1 heterocycles. The molecule has 0 saturated heterocycles. The molecular formula is C23H23N3. The molecule has 0 aliphatic rings. The molecule has 1 aromatic heterocycles. The summed E-state index contributed by atoms with van der Waals surface area (Å²) in [4.78, 5) is 13.9. The van der Waals surface area contributed by atoms with Crippen molar-refractivity contribution in [2.75, 3.05) is 0 Å². The Morgan fingerprint density at radius 3 is 2.23 bits per heavy atom. The minimum Gasteiger partial charge on any atom is -0.208 e. The Kier molecular flexibility index (Phi) is 6.75. The van der Waals surface area contributed by atoms with Gasteiger partial charge in [0.05, 0.1) is 0 Å². The largest absolute Gasteiger partial charge is 0.208 e. The first kappa shape index (κ1) is 19.0. The fourth-order valence-electron chi connectivity index (χ4n) is 2.15. The Hall–Kier alpha value is -3.33. The van der Waals surface area contributed by atoms with Crippen LogP contribution < -0.4 is 0 Å². The minimum atomic E-state index is 0.540. The molecule has 0 aliphatic carbocycles. The zero-order chi connectivity index (χ0) is 18.9. The molecule has 0 radical (unpaired) electrons. The molecule has 1 aromatic carbocycles. The van der Waals surface area contributed by atoms with Crippen molar-refractivity contribution >= 4 is 11.1 Å². The second-order valence-corrected chi connectivity index (χ2v) is 5.72. The summed E-state index contributed by atoms with van der Waals surface area (Å²) in [5.74, 6) is 1.75. The van der Waals surface area contributed by atoms with E-state index in [1.807, 2.05) is 74.6 Å². The van der Waals surface area contributed by atoms with Crippen molar-refractivity contribution in [1.82, 2.24) is 15.0 Å². The van der Waals surface area contributed by atoms with Crippen molar-refractivity contribution in [2.24, 2.45) is 0 Å². The summed E-state index contributed by atoms with van der Waals surface area (Å²) in [7, 11) is 0. The van der Waals surface area contributed by atoms with Crippen molar-refractivity contribution < 1.29 is 0 Å². The lowest BCUT2D eigenvalue weighted by Crippen LogP contribution is -2.03.